The third-order valence-corrected chi connectivity index (χ3v) is 5.66. The van der Waals surface area contributed by atoms with E-state index in [1.165, 1.54) is 0 Å². The van der Waals surface area contributed by atoms with Crippen molar-refractivity contribution in [2.75, 3.05) is 5.75 Å². The molecule has 0 aliphatic heterocycles. The number of nitrogens with two attached hydrogens (primary N) is 2. The fourth-order valence-corrected chi connectivity index (χ4v) is 3.21. The average molecular weight is 496 g/mol. The molecule has 1 rings (SSSR count). The van der Waals surface area contributed by atoms with Crippen LogP contribution >= 0.6 is 12.6 Å². The molecule has 0 heterocycles. The SMILES string of the molecule is CCC(C)C(NC(=O)C(N)CS)C(=O)NC(Cc1ccccc1)C(=O)NC(CC(N)=O)C(=O)O. The van der Waals surface area contributed by atoms with E-state index in [-0.39, 0.29) is 18.1 Å². The molecule has 188 valence electrons. The number of benzene rings is 1. The highest BCUT2D eigenvalue weighted by molar-refractivity contribution is 7.80. The summed E-state index contributed by atoms with van der Waals surface area (Å²) in [6.07, 6.45) is -0.0252. The van der Waals surface area contributed by atoms with Crippen molar-refractivity contribution in [2.24, 2.45) is 17.4 Å². The molecule has 5 atom stereocenters. The first kappa shape index (κ1) is 28.9. The van der Waals surface area contributed by atoms with Crippen molar-refractivity contribution < 1.29 is 29.1 Å². The van der Waals surface area contributed by atoms with Crippen molar-refractivity contribution in [3.05, 3.63) is 35.9 Å². The summed E-state index contributed by atoms with van der Waals surface area (Å²) in [4.78, 5) is 61.0. The Morgan fingerprint density at radius 3 is 2.06 bits per heavy atom. The number of hydrogen-bond acceptors (Lipinski definition) is 7. The van der Waals surface area contributed by atoms with Crippen molar-refractivity contribution in [1.82, 2.24) is 16.0 Å². The van der Waals surface area contributed by atoms with Crippen LogP contribution in [0.1, 0.15) is 32.3 Å². The van der Waals surface area contributed by atoms with E-state index >= 15 is 0 Å². The van der Waals surface area contributed by atoms with E-state index in [0.29, 0.717) is 12.0 Å². The summed E-state index contributed by atoms with van der Waals surface area (Å²) in [5.74, 6) is -4.57. The number of carbonyl (C=O) groups is 5. The van der Waals surface area contributed by atoms with E-state index in [1.54, 1.807) is 37.3 Å². The molecule has 8 N–H and O–H groups in total. The molecular weight excluding hydrogens is 462 g/mol. The summed E-state index contributed by atoms with van der Waals surface area (Å²) >= 11 is 3.99. The van der Waals surface area contributed by atoms with Crippen molar-refractivity contribution in [2.45, 2.75) is 57.3 Å². The summed E-state index contributed by atoms with van der Waals surface area (Å²) in [7, 11) is 0. The lowest BCUT2D eigenvalue weighted by Crippen LogP contribution is -2.59. The van der Waals surface area contributed by atoms with E-state index in [2.05, 4.69) is 28.6 Å². The quantitative estimate of drug-likeness (QED) is 0.160. The molecule has 1 aromatic carbocycles. The van der Waals surface area contributed by atoms with Crippen molar-refractivity contribution in [1.29, 1.82) is 0 Å². The molecule has 0 aliphatic rings. The monoisotopic (exact) mass is 495 g/mol. The van der Waals surface area contributed by atoms with Crippen molar-refractivity contribution >= 4 is 42.2 Å². The molecule has 4 amide bonds. The lowest BCUT2D eigenvalue weighted by molar-refractivity contribution is -0.143. The molecule has 0 saturated carbocycles. The zero-order valence-electron chi connectivity index (χ0n) is 19.2. The number of hydrogen-bond donors (Lipinski definition) is 7. The molecule has 0 radical (unpaired) electrons. The number of rotatable bonds is 14. The molecule has 34 heavy (non-hydrogen) atoms. The lowest BCUT2D eigenvalue weighted by atomic mass is 9.96. The Morgan fingerprint density at radius 1 is 0.971 bits per heavy atom. The van der Waals surface area contributed by atoms with E-state index in [1.807, 2.05) is 6.92 Å². The van der Waals surface area contributed by atoms with Crippen LogP contribution in [0.25, 0.3) is 0 Å². The van der Waals surface area contributed by atoms with E-state index in [0.717, 1.165) is 0 Å². The molecule has 0 aliphatic carbocycles. The minimum absolute atomic E-state index is 0.0403. The first-order chi connectivity index (χ1) is 16.0. The van der Waals surface area contributed by atoms with Gasteiger partial charge in [-0.3, -0.25) is 19.2 Å². The second-order valence-electron chi connectivity index (χ2n) is 7.98. The molecule has 0 spiro atoms. The summed E-state index contributed by atoms with van der Waals surface area (Å²) in [6, 6.07) is 4.11. The first-order valence-corrected chi connectivity index (χ1v) is 11.5. The third kappa shape index (κ3) is 9.40. The molecule has 0 saturated heterocycles. The minimum Gasteiger partial charge on any atom is -0.480 e. The summed E-state index contributed by atoms with van der Waals surface area (Å²) in [5.41, 5.74) is 11.5. The smallest absolute Gasteiger partial charge is 0.326 e. The molecule has 1 aromatic rings. The minimum atomic E-state index is -1.56. The zero-order chi connectivity index (χ0) is 25.8. The maximum atomic E-state index is 13.1. The van der Waals surface area contributed by atoms with Gasteiger partial charge in [-0.15, -0.1) is 0 Å². The maximum Gasteiger partial charge on any atom is 0.326 e. The van der Waals surface area contributed by atoms with Crippen LogP contribution in [0.15, 0.2) is 30.3 Å². The topological polar surface area (TPSA) is 194 Å². The third-order valence-electron chi connectivity index (χ3n) is 5.26. The highest BCUT2D eigenvalue weighted by Gasteiger charge is 2.32. The number of amides is 4. The maximum absolute atomic E-state index is 13.1. The second kappa shape index (κ2) is 14.2. The van der Waals surface area contributed by atoms with Crippen LogP contribution < -0.4 is 27.4 Å². The largest absolute Gasteiger partial charge is 0.480 e. The number of nitrogens with one attached hydrogen (secondary N) is 3. The highest BCUT2D eigenvalue weighted by atomic mass is 32.1. The number of carbonyl (C=O) groups excluding carboxylic acids is 4. The van der Waals surface area contributed by atoms with Gasteiger partial charge in [-0.2, -0.15) is 12.6 Å². The lowest BCUT2D eigenvalue weighted by Gasteiger charge is -2.28. The number of carboxylic acids is 1. The molecule has 0 bridgehead atoms. The van der Waals surface area contributed by atoms with Gasteiger partial charge in [-0.05, 0) is 11.5 Å². The van der Waals surface area contributed by atoms with Gasteiger partial charge in [0, 0.05) is 12.2 Å². The van der Waals surface area contributed by atoms with Gasteiger partial charge in [0.15, 0.2) is 0 Å². The van der Waals surface area contributed by atoms with Crippen LogP contribution in [0.5, 0.6) is 0 Å². The van der Waals surface area contributed by atoms with Gasteiger partial charge < -0.3 is 32.5 Å². The van der Waals surface area contributed by atoms with Crippen LogP contribution in [-0.4, -0.2) is 64.6 Å². The average Bonchev–Trinajstić information content (AvgIpc) is 2.80. The number of aliphatic carboxylic acids is 1. The predicted octanol–water partition coefficient (Wildman–Crippen LogP) is -1.05. The van der Waals surface area contributed by atoms with Gasteiger partial charge in [-0.25, -0.2) is 4.79 Å². The Bertz CT molecular complexity index is 869. The van der Waals surface area contributed by atoms with Crippen LogP contribution in [0.2, 0.25) is 0 Å². The van der Waals surface area contributed by atoms with Gasteiger partial charge >= 0.3 is 5.97 Å². The second-order valence-corrected chi connectivity index (χ2v) is 8.35. The predicted molar refractivity (Wildman–Crippen MR) is 129 cm³/mol. The Balaban J connectivity index is 3.15. The standard InChI is InChI=1S/C22H33N5O6S/c1-3-12(2)18(27-19(29)14(23)11-34)21(31)25-15(9-13-7-5-4-6-8-13)20(30)26-16(22(32)33)10-17(24)28/h4-8,12,14-16,18,34H,3,9-11,23H2,1-2H3,(H2,24,28)(H,25,31)(H,26,30)(H,27,29)(H,32,33). The zero-order valence-corrected chi connectivity index (χ0v) is 20.1. The van der Waals surface area contributed by atoms with Crippen LogP contribution in [0.4, 0.5) is 0 Å². The van der Waals surface area contributed by atoms with Gasteiger partial charge in [-0.1, -0.05) is 50.6 Å². The molecule has 5 unspecified atom stereocenters. The van der Waals surface area contributed by atoms with E-state index in [4.69, 9.17) is 11.5 Å². The van der Waals surface area contributed by atoms with Crippen molar-refractivity contribution in [3.8, 4) is 0 Å². The fourth-order valence-electron chi connectivity index (χ4n) is 3.04. The number of primary amides is 1. The Kier molecular flexibility index (Phi) is 12.1. The fraction of sp³-hybridized carbons (Fsp3) is 0.500. The number of carboxylic acid groups (broad SMARTS) is 1. The molecule has 12 heteroatoms. The Labute approximate surface area is 203 Å². The van der Waals surface area contributed by atoms with Gasteiger partial charge in [0.25, 0.3) is 0 Å². The summed E-state index contributed by atoms with van der Waals surface area (Å²) in [5, 5.41) is 16.8. The summed E-state index contributed by atoms with van der Waals surface area (Å²) in [6.45, 7) is 3.60. The van der Waals surface area contributed by atoms with Crippen LogP contribution in [-0.2, 0) is 30.4 Å². The Morgan fingerprint density at radius 2 is 1.56 bits per heavy atom. The van der Waals surface area contributed by atoms with Crippen LogP contribution in [0, 0.1) is 5.92 Å². The highest BCUT2D eigenvalue weighted by Crippen LogP contribution is 2.11. The van der Waals surface area contributed by atoms with E-state index in [9.17, 15) is 29.1 Å². The van der Waals surface area contributed by atoms with Crippen LogP contribution in [0.3, 0.4) is 0 Å². The Hall–Kier alpha value is -3.12. The summed E-state index contributed by atoms with van der Waals surface area (Å²) < 4.78 is 0. The number of thiol groups is 1. The molecule has 11 nitrogen and oxygen atoms in total. The first-order valence-electron chi connectivity index (χ1n) is 10.8. The van der Waals surface area contributed by atoms with Gasteiger partial charge in [0.2, 0.25) is 23.6 Å². The van der Waals surface area contributed by atoms with E-state index < -0.39 is 60.2 Å². The van der Waals surface area contributed by atoms with Gasteiger partial charge in [0.05, 0.1) is 12.5 Å². The normalized spacial score (nSPS) is 15.2. The molecule has 0 aromatic heterocycles. The van der Waals surface area contributed by atoms with Gasteiger partial charge in [0.1, 0.15) is 18.1 Å². The molecule has 0 fully saturated rings. The van der Waals surface area contributed by atoms with Crippen molar-refractivity contribution in [3.63, 3.8) is 0 Å². The molecular formula is C22H33N5O6S.